The van der Waals surface area contributed by atoms with Gasteiger partial charge in [-0.1, -0.05) is 0 Å². The molecule has 230 valence electrons. The van der Waals surface area contributed by atoms with E-state index in [1.165, 1.54) is 0 Å². The SMILES string of the molecule is CC(C)(C)N1CCC(NC(=O)c2ccc(-n3ncc4cc(NC(=O)c5ccc(N6CCC(O)CC6)cc5)ccc43)cc2)CC1. The Bertz CT molecular complexity index is 1610. The van der Waals surface area contributed by atoms with E-state index in [1.807, 2.05) is 71.4 Å². The maximum absolute atomic E-state index is 13.0. The van der Waals surface area contributed by atoms with Crippen LogP contribution in [0.2, 0.25) is 0 Å². The van der Waals surface area contributed by atoms with Gasteiger partial charge in [-0.25, -0.2) is 4.68 Å². The summed E-state index contributed by atoms with van der Waals surface area (Å²) in [5.74, 6) is -0.219. The molecule has 2 fully saturated rings. The van der Waals surface area contributed by atoms with Crippen LogP contribution in [-0.4, -0.2) is 75.5 Å². The highest BCUT2D eigenvalue weighted by Crippen LogP contribution is 2.25. The quantitative estimate of drug-likeness (QED) is 0.283. The van der Waals surface area contributed by atoms with E-state index in [2.05, 4.69) is 46.3 Å². The van der Waals surface area contributed by atoms with Crippen molar-refractivity contribution in [3.05, 3.63) is 84.1 Å². The van der Waals surface area contributed by atoms with Gasteiger partial charge in [0, 0.05) is 65.6 Å². The molecule has 2 aliphatic heterocycles. The number of nitrogens with zero attached hydrogens (tertiary/aromatic N) is 4. The number of aromatic nitrogens is 2. The predicted molar refractivity (Wildman–Crippen MR) is 175 cm³/mol. The molecule has 0 bridgehead atoms. The Morgan fingerprint density at radius 1 is 0.795 bits per heavy atom. The zero-order chi connectivity index (χ0) is 30.8. The molecule has 6 rings (SSSR count). The molecule has 0 radical (unpaired) electrons. The molecule has 2 amide bonds. The molecule has 0 atom stereocenters. The zero-order valence-corrected chi connectivity index (χ0v) is 25.8. The van der Waals surface area contributed by atoms with Crippen molar-refractivity contribution in [2.45, 2.75) is 64.1 Å². The molecule has 3 aromatic carbocycles. The average Bonchev–Trinajstić information content (AvgIpc) is 3.45. The molecule has 4 aromatic rings. The van der Waals surface area contributed by atoms with Crippen molar-refractivity contribution < 1.29 is 14.7 Å². The highest BCUT2D eigenvalue weighted by atomic mass is 16.3. The van der Waals surface area contributed by atoms with Crippen LogP contribution in [0, 0.1) is 0 Å². The van der Waals surface area contributed by atoms with Crippen LogP contribution in [0.4, 0.5) is 11.4 Å². The number of hydrogen-bond donors (Lipinski definition) is 3. The fourth-order valence-electron chi connectivity index (χ4n) is 6.18. The fraction of sp³-hybridized carbons (Fsp3) is 0.400. The third-order valence-corrected chi connectivity index (χ3v) is 8.94. The summed E-state index contributed by atoms with van der Waals surface area (Å²) in [7, 11) is 0. The van der Waals surface area contributed by atoms with Gasteiger partial charge in [0.2, 0.25) is 0 Å². The number of carbonyl (C=O) groups excluding carboxylic acids is 2. The molecule has 44 heavy (non-hydrogen) atoms. The maximum atomic E-state index is 13.0. The van der Waals surface area contributed by atoms with E-state index in [9.17, 15) is 14.7 Å². The lowest BCUT2D eigenvalue weighted by Crippen LogP contribution is -2.50. The second-order valence-corrected chi connectivity index (χ2v) is 13.0. The summed E-state index contributed by atoms with van der Waals surface area (Å²) in [5.41, 5.74) is 4.89. The molecule has 0 unspecified atom stereocenters. The number of aliphatic hydroxyl groups is 1. The van der Waals surface area contributed by atoms with Gasteiger partial charge in [-0.2, -0.15) is 5.10 Å². The van der Waals surface area contributed by atoms with E-state index < -0.39 is 0 Å². The highest BCUT2D eigenvalue weighted by molar-refractivity contribution is 6.05. The van der Waals surface area contributed by atoms with Crippen molar-refractivity contribution >= 4 is 34.1 Å². The smallest absolute Gasteiger partial charge is 0.255 e. The van der Waals surface area contributed by atoms with Crippen molar-refractivity contribution in [1.29, 1.82) is 0 Å². The highest BCUT2D eigenvalue weighted by Gasteiger charge is 2.27. The molecule has 2 saturated heterocycles. The van der Waals surface area contributed by atoms with Crippen LogP contribution >= 0.6 is 0 Å². The summed E-state index contributed by atoms with van der Waals surface area (Å²) in [6.45, 7) is 10.3. The van der Waals surface area contributed by atoms with Gasteiger partial charge in [0.05, 0.1) is 23.5 Å². The Labute approximate surface area is 258 Å². The number of rotatable bonds is 6. The largest absolute Gasteiger partial charge is 0.393 e. The minimum atomic E-state index is -0.216. The Morgan fingerprint density at radius 2 is 1.41 bits per heavy atom. The third kappa shape index (κ3) is 6.64. The van der Waals surface area contributed by atoms with Crippen LogP contribution < -0.4 is 15.5 Å². The number of benzene rings is 3. The number of hydrogen-bond acceptors (Lipinski definition) is 6. The van der Waals surface area contributed by atoms with Gasteiger partial charge in [-0.05, 0) is 113 Å². The van der Waals surface area contributed by atoms with Crippen LogP contribution in [0.1, 0.15) is 67.2 Å². The minimum Gasteiger partial charge on any atom is -0.393 e. The first kappa shape index (κ1) is 29.8. The van der Waals surface area contributed by atoms with E-state index in [0.29, 0.717) is 16.8 Å². The van der Waals surface area contributed by atoms with Crippen molar-refractivity contribution in [1.82, 2.24) is 20.0 Å². The number of piperidine rings is 2. The molecule has 0 spiro atoms. The number of nitrogens with one attached hydrogen (secondary N) is 2. The predicted octanol–water partition coefficient (Wildman–Crippen LogP) is 5.23. The lowest BCUT2D eigenvalue weighted by Gasteiger charge is -2.41. The summed E-state index contributed by atoms with van der Waals surface area (Å²) < 4.78 is 1.84. The Morgan fingerprint density at radius 3 is 2.05 bits per heavy atom. The molecule has 0 saturated carbocycles. The summed E-state index contributed by atoms with van der Waals surface area (Å²) in [6, 6.07) is 21.0. The number of aliphatic hydroxyl groups excluding tert-OH is 1. The van der Waals surface area contributed by atoms with Gasteiger partial charge in [-0.3, -0.25) is 14.5 Å². The zero-order valence-electron chi connectivity index (χ0n) is 25.8. The normalized spacial score (nSPS) is 17.1. The van der Waals surface area contributed by atoms with E-state index in [0.717, 1.165) is 74.1 Å². The number of amides is 2. The number of carbonyl (C=O) groups is 2. The average molecular weight is 595 g/mol. The van der Waals surface area contributed by atoms with E-state index >= 15 is 0 Å². The second-order valence-electron chi connectivity index (χ2n) is 13.0. The number of fused-ring (bicyclic) bond motifs is 1. The Hall–Kier alpha value is -4.21. The first-order valence-electron chi connectivity index (χ1n) is 15.6. The Kier molecular flexibility index (Phi) is 8.42. The molecule has 0 aliphatic carbocycles. The Balaban J connectivity index is 1.06. The summed E-state index contributed by atoms with van der Waals surface area (Å²) >= 11 is 0. The molecule has 9 nitrogen and oxygen atoms in total. The van der Waals surface area contributed by atoms with Gasteiger partial charge in [0.25, 0.3) is 11.8 Å². The van der Waals surface area contributed by atoms with Crippen LogP contribution in [0.15, 0.2) is 72.9 Å². The maximum Gasteiger partial charge on any atom is 0.255 e. The van der Waals surface area contributed by atoms with Crippen LogP contribution in [0.5, 0.6) is 0 Å². The topological polar surface area (TPSA) is 103 Å². The van der Waals surface area contributed by atoms with Crippen LogP contribution in [-0.2, 0) is 0 Å². The van der Waals surface area contributed by atoms with Gasteiger partial charge in [-0.15, -0.1) is 0 Å². The van der Waals surface area contributed by atoms with Crippen LogP contribution in [0.3, 0.4) is 0 Å². The first-order chi connectivity index (χ1) is 21.1. The molecule has 1 aromatic heterocycles. The first-order valence-corrected chi connectivity index (χ1v) is 15.6. The van der Waals surface area contributed by atoms with E-state index in [-0.39, 0.29) is 29.5 Å². The lowest BCUT2D eigenvalue weighted by molar-refractivity contribution is 0.0812. The fourth-order valence-corrected chi connectivity index (χ4v) is 6.18. The third-order valence-electron chi connectivity index (χ3n) is 8.94. The summed E-state index contributed by atoms with van der Waals surface area (Å²) in [6.07, 6.45) is 5.01. The van der Waals surface area contributed by atoms with Gasteiger partial charge >= 0.3 is 0 Å². The number of anilines is 2. The van der Waals surface area contributed by atoms with Gasteiger partial charge in [0.1, 0.15) is 0 Å². The monoisotopic (exact) mass is 594 g/mol. The minimum absolute atomic E-state index is 0.0440. The lowest BCUT2D eigenvalue weighted by atomic mass is 9.98. The summed E-state index contributed by atoms with van der Waals surface area (Å²) in [5, 5.41) is 21.4. The van der Waals surface area contributed by atoms with Crippen molar-refractivity contribution in [2.24, 2.45) is 0 Å². The molecular formula is C35H42N6O3. The molecule has 3 N–H and O–H groups in total. The number of likely N-dealkylation sites (tertiary alicyclic amines) is 1. The molecular weight excluding hydrogens is 552 g/mol. The second kappa shape index (κ2) is 12.4. The van der Waals surface area contributed by atoms with Crippen LogP contribution in [0.25, 0.3) is 16.6 Å². The van der Waals surface area contributed by atoms with E-state index in [4.69, 9.17) is 0 Å². The van der Waals surface area contributed by atoms with Gasteiger partial charge in [0.15, 0.2) is 0 Å². The molecule has 3 heterocycles. The standard InChI is InChI=1S/C35H42N6O3/c1-35(2,3)40-20-14-27(15-21-40)37-33(43)25-6-11-30(12-7-25)41-32-13-8-28(22-26(32)23-36-41)38-34(44)24-4-9-29(10-5-24)39-18-16-31(42)17-19-39/h4-13,22-23,27,31,42H,14-21H2,1-3H3,(H,37,43)(H,38,44). The van der Waals surface area contributed by atoms with Crippen molar-refractivity contribution in [2.75, 3.05) is 36.4 Å². The molecule has 9 heteroatoms. The molecule has 2 aliphatic rings. The van der Waals surface area contributed by atoms with E-state index in [1.54, 1.807) is 6.20 Å². The summed E-state index contributed by atoms with van der Waals surface area (Å²) in [4.78, 5) is 30.6. The van der Waals surface area contributed by atoms with Crippen molar-refractivity contribution in [3.63, 3.8) is 0 Å². The van der Waals surface area contributed by atoms with Crippen molar-refractivity contribution in [3.8, 4) is 5.69 Å². The van der Waals surface area contributed by atoms with Gasteiger partial charge < -0.3 is 20.6 Å².